The lowest BCUT2D eigenvalue weighted by atomic mass is 10.3. The summed E-state index contributed by atoms with van der Waals surface area (Å²) in [5.74, 6) is 1.36. The first kappa shape index (κ1) is 9.70. The predicted octanol–water partition coefficient (Wildman–Crippen LogP) is 1.93. The molecule has 5 nitrogen and oxygen atoms in total. The van der Waals surface area contributed by atoms with Crippen LogP contribution >= 0.6 is 11.3 Å². The molecule has 6 heteroatoms. The van der Waals surface area contributed by atoms with Gasteiger partial charge in [0, 0.05) is 18.0 Å². The zero-order chi connectivity index (χ0) is 11.2. The second-order valence-corrected chi connectivity index (χ2v) is 6.02. The monoisotopic (exact) mass is 247 g/mol. The Morgan fingerprint density at radius 3 is 2.71 bits per heavy atom. The molecule has 0 amide bonds. The van der Waals surface area contributed by atoms with E-state index in [1.54, 1.807) is 11.3 Å². The van der Waals surface area contributed by atoms with Crippen LogP contribution in [0.25, 0.3) is 0 Å². The molecule has 0 unspecified atom stereocenters. The number of rotatable bonds is 4. The fourth-order valence-corrected chi connectivity index (χ4v) is 2.93. The van der Waals surface area contributed by atoms with E-state index in [-0.39, 0.29) is 0 Å². The molecule has 17 heavy (non-hydrogen) atoms. The molecule has 2 saturated carbocycles. The molecule has 2 aromatic heterocycles. The van der Waals surface area contributed by atoms with Crippen LogP contribution in [0.15, 0.2) is 6.20 Å². The standard InChI is InChI=1S/C11H13N5S/c1-2-7(1)9-5-16(15-12-9)6-10-13-14-11(17-10)8-3-4-8/h5,7-8H,1-4,6H2. The van der Waals surface area contributed by atoms with Gasteiger partial charge in [0.1, 0.15) is 10.0 Å². The molecule has 2 aliphatic rings. The van der Waals surface area contributed by atoms with Crippen LogP contribution in [0, 0.1) is 0 Å². The number of hydrogen-bond acceptors (Lipinski definition) is 5. The minimum atomic E-state index is 0.667. The Bertz CT molecular complexity index is 489. The summed E-state index contributed by atoms with van der Waals surface area (Å²) in [6.07, 6.45) is 7.15. The van der Waals surface area contributed by atoms with Gasteiger partial charge >= 0.3 is 0 Å². The quantitative estimate of drug-likeness (QED) is 0.828. The molecule has 0 radical (unpaired) electrons. The zero-order valence-electron chi connectivity index (χ0n) is 9.41. The van der Waals surface area contributed by atoms with Crippen molar-refractivity contribution >= 4 is 11.3 Å². The van der Waals surface area contributed by atoms with Crippen LogP contribution in [-0.4, -0.2) is 25.2 Å². The first-order chi connectivity index (χ1) is 8.38. The molecule has 0 spiro atoms. The molecule has 0 atom stereocenters. The smallest absolute Gasteiger partial charge is 0.139 e. The van der Waals surface area contributed by atoms with Crippen molar-refractivity contribution in [1.29, 1.82) is 0 Å². The van der Waals surface area contributed by atoms with E-state index in [9.17, 15) is 0 Å². The van der Waals surface area contributed by atoms with E-state index in [1.165, 1.54) is 30.7 Å². The molecule has 0 N–H and O–H groups in total. The fraction of sp³-hybridized carbons (Fsp3) is 0.636. The lowest BCUT2D eigenvalue weighted by molar-refractivity contribution is 0.642. The Kier molecular flexibility index (Phi) is 2.05. The van der Waals surface area contributed by atoms with E-state index < -0.39 is 0 Å². The van der Waals surface area contributed by atoms with Crippen molar-refractivity contribution < 1.29 is 0 Å². The molecule has 88 valence electrons. The lowest BCUT2D eigenvalue weighted by Gasteiger charge is -1.93. The van der Waals surface area contributed by atoms with Crippen LogP contribution in [0.4, 0.5) is 0 Å². The third-order valence-corrected chi connectivity index (χ3v) is 4.33. The predicted molar refractivity (Wildman–Crippen MR) is 63.0 cm³/mol. The summed E-state index contributed by atoms with van der Waals surface area (Å²) in [6.45, 7) is 0.712. The highest BCUT2D eigenvalue weighted by atomic mass is 32.1. The minimum Gasteiger partial charge on any atom is -0.245 e. The molecule has 2 heterocycles. The van der Waals surface area contributed by atoms with Crippen LogP contribution in [0.5, 0.6) is 0 Å². The maximum atomic E-state index is 4.24. The van der Waals surface area contributed by atoms with Crippen molar-refractivity contribution in [3.8, 4) is 0 Å². The van der Waals surface area contributed by atoms with Crippen molar-refractivity contribution in [2.45, 2.75) is 44.1 Å². The third kappa shape index (κ3) is 1.97. The van der Waals surface area contributed by atoms with E-state index >= 15 is 0 Å². The van der Waals surface area contributed by atoms with E-state index in [2.05, 4.69) is 26.7 Å². The second-order valence-electron chi connectivity index (χ2n) is 4.92. The number of nitrogens with zero attached hydrogens (tertiary/aromatic N) is 5. The molecule has 2 aliphatic carbocycles. The Labute approximate surface area is 103 Å². The van der Waals surface area contributed by atoms with E-state index in [1.807, 2.05) is 4.68 Å². The van der Waals surface area contributed by atoms with Crippen LogP contribution in [0.3, 0.4) is 0 Å². The summed E-state index contributed by atoms with van der Waals surface area (Å²) in [4.78, 5) is 0. The summed E-state index contributed by atoms with van der Waals surface area (Å²) in [5, 5.41) is 19.0. The van der Waals surface area contributed by atoms with Gasteiger partial charge in [-0.05, 0) is 25.7 Å². The molecule has 4 rings (SSSR count). The Morgan fingerprint density at radius 2 is 1.94 bits per heavy atom. The van der Waals surface area contributed by atoms with Gasteiger partial charge in [0.15, 0.2) is 0 Å². The fourth-order valence-electron chi connectivity index (χ4n) is 1.92. The summed E-state index contributed by atoms with van der Waals surface area (Å²) >= 11 is 1.72. The van der Waals surface area contributed by atoms with Crippen molar-refractivity contribution in [1.82, 2.24) is 25.2 Å². The molecule has 0 aliphatic heterocycles. The van der Waals surface area contributed by atoms with Crippen molar-refractivity contribution in [2.24, 2.45) is 0 Å². The molecular weight excluding hydrogens is 234 g/mol. The summed E-state index contributed by atoms with van der Waals surface area (Å²) in [5.41, 5.74) is 1.14. The average Bonchev–Trinajstić information content (AvgIpc) is 3.27. The van der Waals surface area contributed by atoms with Crippen LogP contribution < -0.4 is 0 Å². The van der Waals surface area contributed by atoms with Gasteiger partial charge in [-0.2, -0.15) is 0 Å². The SMILES string of the molecule is c1c(C2CC2)nnn1Cc1nnc(C2CC2)s1. The summed E-state index contributed by atoms with van der Waals surface area (Å²) in [7, 11) is 0. The van der Waals surface area contributed by atoms with Gasteiger partial charge in [-0.15, -0.1) is 15.3 Å². The Hall–Kier alpha value is -1.30. The number of aromatic nitrogens is 5. The van der Waals surface area contributed by atoms with Crippen LogP contribution in [0.1, 0.15) is 53.2 Å². The van der Waals surface area contributed by atoms with E-state index in [0.717, 1.165) is 10.7 Å². The van der Waals surface area contributed by atoms with E-state index in [0.29, 0.717) is 18.4 Å². The first-order valence-corrected chi connectivity index (χ1v) is 6.92. The van der Waals surface area contributed by atoms with Gasteiger partial charge in [-0.3, -0.25) is 0 Å². The van der Waals surface area contributed by atoms with Crippen LogP contribution in [0.2, 0.25) is 0 Å². The van der Waals surface area contributed by atoms with Crippen molar-refractivity contribution in [2.75, 3.05) is 0 Å². The van der Waals surface area contributed by atoms with Gasteiger partial charge in [0.25, 0.3) is 0 Å². The third-order valence-electron chi connectivity index (χ3n) is 3.26. The number of hydrogen-bond donors (Lipinski definition) is 0. The average molecular weight is 247 g/mol. The highest BCUT2D eigenvalue weighted by molar-refractivity contribution is 7.11. The lowest BCUT2D eigenvalue weighted by Crippen LogP contribution is -1.99. The highest BCUT2D eigenvalue weighted by Gasteiger charge is 2.28. The van der Waals surface area contributed by atoms with Gasteiger partial charge in [-0.25, -0.2) is 4.68 Å². The second kappa shape index (κ2) is 3.60. The summed E-state index contributed by atoms with van der Waals surface area (Å²) < 4.78 is 1.88. The van der Waals surface area contributed by atoms with Crippen LogP contribution in [-0.2, 0) is 6.54 Å². The van der Waals surface area contributed by atoms with Gasteiger partial charge in [-0.1, -0.05) is 16.6 Å². The van der Waals surface area contributed by atoms with Gasteiger partial charge in [0.2, 0.25) is 0 Å². The Balaban J connectivity index is 1.50. The normalized spacial score (nSPS) is 19.8. The summed E-state index contributed by atoms with van der Waals surface area (Å²) in [6, 6.07) is 0. The maximum Gasteiger partial charge on any atom is 0.139 e. The molecule has 0 aromatic carbocycles. The Morgan fingerprint density at radius 1 is 1.12 bits per heavy atom. The highest BCUT2D eigenvalue weighted by Crippen LogP contribution is 2.41. The van der Waals surface area contributed by atoms with Crippen molar-refractivity contribution in [3.05, 3.63) is 21.9 Å². The maximum absolute atomic E-state index is 4.24. The minimum absolute atomic E-state index is 0.667. The molecular formula is C11H13N5S. The van der Waals surface area contributed by atoms with E-state index in [4.69, 9.17) is 0 Å². The molecule has 2 fully saturated rings. The first-order valence-electron chi connectivity index (χ1n) is 6.11. The van der Waals surface area contributed by atoms with Gasteiger partial charge < -0.3 is 0 Å². The largest absolute Gasteiger partial charge is 0.245 e. The molecule has 2 aromatic rings. The molecule has 0 saturated heterocycles. The van der Waals surface area contributed by atoms with Crippen molar-refractivity contribution in [3.63, 3.8) is 0 Å². The zero-order valence-corrected chi connectivity index (χ0v) is 10.2. The van der Waals surface area contributed by atoms with Gasteiger partial charge in [0.05, 0.1) is 12.2 Å². The molecule has 0 bridgehead atoms. The topological polar surface area (TPSA) is 56.5 Å².